The van der Waals surface area contributed by atoms with E-state index in [4.69, 9.17) is 4.74 Å². The van der Waals surface area contributed by atoms with Gasteiger partial charge < -0.3 is 20.3 Å². The molecule has 3 N–H and O–H groups in total. The van der Waals surface area contributed by atoms with Crippen LogP contribution in [0.3, 0.4) is 0 Å². The fraction of sp³-hybridized carbons (Fsp3) is 0.650. The van der Waals surface area contributed by atoms with Gasteiger partial charge in [0, 0.05) is 6.54 Å². The van der Waals surface area contributed by atoms with E-state index in [9.17, 15) is 19.6 Å². The van der Waals surface area contributed by atoms with Crippen LogP contribution in [0.5, 0.6) is 0 Å². The average molecular weight is 393 g/mol. The smallest absolute Gasteiger partial charge is 0.335 e. The largest absolute Gasteiger partial charge is 0.478 e. The Balaban J connectivity index is 1.68. The lowest BCUT2D eigenvalue weighted by molar-refractivity contribution is -0.111. The van der Waals surface area contributed by atoms with E-state index in [2.05, 4.69) is 5.32 Å². The topological polar surface area (TPSA) is 95.9 Å². The monoisotopic (exact) mass is 393 g/mol. The van der Waals surface area contributed by atoms with Gasteiger partial charge in [0.05, 0.1) is 17.7 Å². The maximum Gasteiger partial charge on any atom is 0.335 e. The molecule has 0 aromatic heterocycles. The number of morpholine rings is 1. The molecule has 1 aliphatic carbocycles. The third kappa shape index (κ3) is 4.57. The SMILES string of the molecule is C[C@@]1(c2cccc(C(=O)O)c2)CO[C@@H](C(O)(CC2CCCCC2)P=O)CN1. The van der Waals surface area contributed by atoms with Crippen molar-refractivity contribution in [2.75, 3.05) is 13.2 Å². The number of carboxylic acid groups (broad SMARTS) is 1. The molecule has 0 bridgehead atoms. The number of nitrogens with one attached hydrogen (secondary N) is 1. The Hall–Kier alpha value is -1.33. The lowest BCUT2D eigenvalue weighted by Crippen LogP contribution is -2.58. The first-order valence-corrected chi connectivity index (χ1v) is 10.4. The van der Waals surface area contributed by atoms with E-state index in [0.29, 0.717) is 18.9 Å². The Kier molecular flexibility index (Phi) is 6.32. The number of ether oxygens (including phenoxy) is 1. The fourth-order valence-corrected chi connectivity index (χ4v) is 4.83. The van der Waals surface area contributed by atoms with Gasteiger partial charge in [0.1, 0.15) is 6.10 Å². The van der Waals surface area contributed by atoms with Crippen LogP contribution in [0.2, 0.25) is 0 Å². The first kappa shape index (κ1) is 20.4. The Bertz CT molecular complexity index is 683. The molecule has 27 heavy (non-hydrogen) atoms. The first-order valence-electron chi connectivity index (χ1n) is 9.64. The van der Waals surface area contributed by atoms with Crippen molar-refractivity contribution in [3.8, 4) is 0 Å². The molecule has 1 saturated heterocycles. The van der Waals surface area contributed by atoms with Gasteiger partial charge in [0.25, 0.3) is 0 Å². The van der Waals surface area contributed by atoms with E-state index in [-0.39, 0.29) is 20.6 Å². The number of benzene rings is 1. The van der Waals surface area contributed by atoms with Gasteiger partial charge in [-0.2, -0.15) is 0 Å². The van der Waals surface area contributed by atoms with Crippen LogP contribution in [0.4, 0.5) is 0 Å². The number of hydrogen-bond acceptors (Lipinski definition) is 5. The molecule has 3 rings (SSSR count). The molecular weight excluding hydrogens is 365 g/mol. The molecule has 0 spiro atoms. The summed E-state index contributed by atoms with van der Waals surface area (Å²) in [5, 5.41) is 22.2. The highest BCUT2D eigenvalue weighted by Crippen LogP contribution is 2.40. The van der Waals surface area contributed by atoms with Crippen molar-refractivity contribution in [1.82, 2.24) is 5.32 Å². The van der Waals surface area contributed by atoms with Crippen molar-refractivity contribution in [2.45, 2.75) is 62.4 Å². The zero-order chi connectivity index (χ0) is 19.5. The van der Waals surface area contributed by atoms with Crippen molar-refractivity contribution in [3.63, 3.8) is 0 Å². The van der Waals surface area contributed by atoms with Crippen molar-refractivity contribution >= 4 is 14.4 Å². The normalized spacial score (nSPS) is 29.3. The van der Waals surface area contributed by atoms with Crippen molar-refractivity contribution in [1.29, 1.82) is 0 Å². The Morgan fingerprint density at radius 3 is 2.70 bits per heavy atom. The van der Waals surface area contributed by atoms with Crippen molar-refractivity contribution in [3.05, 3.63) is 35.4 Å². The minimum absolute atomic E-state index is 0.226. The van der Waals surface area contributed by atoms with Crippen LogP contribution in [0.25, 0.3) is 0 Å². The van der Waals surface area contributed by atoms with E-state index in [0.717, 1.165) is 31.2 Å². The van der Waals surface area contributed by atoms with Crippen molar-refractivity contribution < 1.29 is 24.3 Å². The van der Waals surface area contributed by atoms with Gasteiger partial charge in [0.2, 0.25) is 0 Å². The van der Waals surface area contributed by atoms with Gasteiger partial charge in [-0.15, -0.1) is 0 Å². The van der Waals surface area contributed by atoms with Gasteiger partial charge in [0.15, 0.2) is 13.8 Å². The fourth-order valence-electron chi connectivity index (χ4n) is 4.22. The summed E-state index contributed by atoms with van der Waals surface area (Å²) in [6.07, 6.45) is 5.62. The summed E-state index contributed by atoms with van der Waals surface area (Å²) >= 11 is 0. The second kappa shape index (κ2) is 8.36. The number of aliphatic hydroxyl groups is 1. The molecule has 2 aliphatic rings. The van der Waals surface area contributed by atoms with Crippen molar-refractivity contribution in [2.24, 2.45) is 5.92 Å². The predicted molar refractivity (Wildman–Crippen MR) is 102 cm³/mol. The molecule has 6 nitrogen and oxygen atoms in total. The van der Waals surface area contributed by atoms with Gasteiger partial charge in [-0.05, 0) is 37.0 Å². The molecule has 2 fully saturated rings. The second-order valence-electron chi connectivity index (χ2n) is 8.08. The highest BCUT2D eigenvalue weighted by atomic mass is 31.1. The van der Waals surface area contributed by atoms with Gasteiger partial charge in [-0.3, -0.25) is 4.57 Å². The van der Waals surface area contributed by atoms with Crippen LogP contribution in [0.15, 0.2) is 24.3 Å². The van der Waals surface area contributed by atoms with Crippen LogP contribution >= 0.6 is 8.46 Å². The molecule has 3 atom stereocenters. The summed E-state index contributed by atoms with van der Waals surface area (Å²) in [5.74, 6) is -0.587. The minimum Gasteiger partial charge on any atom is -0.478 e. The van der Waals surface area contributed by atoms with Crippen LogP contribution < -0.4 is 5.32 Å². The highest BCUT2D eigenvalue weighted by Gasteiger charge is 2.45. The molecule has 1 aromatic carbocycles. The quantitative estimate of drug-likeness (QED) is 0.640. The summed E-state index contributed by atoms with van der Waals surface area (Å²) in [6.45, 7) is 2.56. The summed E-state index contributed by atoms with van der Waals surface area (Å²) in [4.78, 5) is 11.2. The highest BCUT2D eigenvalue weighted by molar-refractivity contribution is 7.25. The lowest BCUT2D eigenvalue weighted by Gasteiger charge is -2.43. The molecular formula is C20H28NO5P. The molecule has 0 amide bonds. The zero-order valence-corrected chi connectivity index (χ0v) is 16.6. The third-order valence-electron chi connectivity index (χ3n) is 5.99. The minimum atomic E-state index is -1.39. The molecule has 1 unspecified atom stereocenters. The maximum absolute atomic E-state index is 11.8. The summed E-state index contributed by atoms with van der Waals surface area (Å²) < 4.78 is 17.8. The van der Waals surface area contributed by atoms with E-state index in [1.807, 2.05) is 13.0 Å². The second-order valence-corrected chi connectivity index (χ2v) is 9.03. The standard InChI is InChI=1S/C20H28NO5P/c1-19(16-9-5-8-15(10-16)18(22)23)13-26-17(12-21-19)20(24,27-25)11-14-6-3-2-4-7-14/h5,8-10,14,17,21,24H,2-4,6-7,11-13H2,1H3,(H,22,23)/t17-,19+,20?/m1/s1. The van der Waals surface area contributed by atoms with E-state index in [1.165, 1.54) is 6.42 Å². The number of carbonyl (C=O) groups is 1. The number of carboxylic acids is 1. The van der Waals surface area contributed by atoms with Gasteiger partial charge >= 0.3 is 5.97 Å². The number of hydrogen-bond donors (Lipinski definition) is 3. The van der Waals surface area contributed by atoms with Gasteiger partial charge in [-0.1, -0.05) is 44.2 Å². The molecule has 1 heterocycles. The Labute approximate surface area is 161 Å². The molecule has 148 valence electrons. The summed E-state index contributed by atoms with van der Waals surface area (Å²) in [6, 6.07) is 6.77. The molecule has 1 saturated carbocycles. The Morgan fingerprint density at radius 2 is 2.11 bits per heavy atom. The summed E-state index contributed by atoms with van der Waals surface area (Å²) in [5.41, 5.74) is 0.480. The predicted octanol–water partition coefficient (Wildman–Crippen LogP) is 3.54. The van der Waals surface area contributed by atoms with E-state index in [1.54, 1.807) is 18.2 Å². The molecule has 1 aromatic rings. The Morgan fingerprint density at radius 1 is 1.37 bits per heavy atom. The first-order chi connectivity index (χ1) is 12.9. The van der Waals surface area contributed by atoms with Gasteiger partial charge in [-0.25, -0.2) is 4.79 Å². The molecule has 7 heteroatoms. The van der Waals surface area contributed by atoms with E-state index >= 15 is 0 Å². The van der Waals surface area contributed by atoms with Crippen LogP contribution in [-0.2, 0) is 14.8 Å². The van der Waals surface area contributed by atoms with Crippen LogP contribution in [-0.4, -0.2) is 40.8 Å². The maximum atomic E-state index is 11.8. The zero-order valence-electron chi connectivity index (χ0n) is 15.7. The third-order valence-corrected chi connectivity index (χ3v) is 6.77. The van der Waals surface area contributed by atoms with Crippen LogP contribution in [0.1, 0.15) is 61.4 Å². The number of rotatable bonds is 6. The molecule has 1 aliphatic heterocycles. The van der Waals surface area contributed by atoms with Crippen LogP contribution in [0, 0.1) is 5.92 Å². The average Bonchev–Trinajstić information content (AvgIpc) is 2.69. The van der Waals surface area contributed by atoms with E-state index < -0.39 is 23.0 Å². The molecule has 0 radical (unpaired) electrons. The number of aromatic carboxylic acids is 1. The summed E-state index contributed by atoms with van der Waals surface area (Å²) in [7, 11) is -0.300. The lowest BCUT2D eigenvalue weighted by atomic mass is 9.83.